The number of hydrogen-bond donors (Lipinski definition) is 2. The van der Waals surface area contributed by atoms with Gasteiger partial charge in [-0.25, -0.2) is 0 Å². The molecule has 0 saturated carbocycles. The summed E-state index contributed by atoms with van der Waals surface area (Å²) in [5.74, 6) is -0.136. The number of halogens is 1. The lowest BCUT2D eigenvalue weighted by Crippen LogP contribution is -2.09. The minimum atomic E-state index is -0.158. The number of hydrogen-bond acceptors (Lipinski definition) is 3. The first kappa shape index (κ1) is 10.8. The Bertz CT molecular complexity index is 374. The summed E-state index contributed by atoms with van der Waals surface area (Å²) in [6.45, 7) is -0.0116. The Morgan fingerprint density at radius 2 is 2.29 bits per heavy atom. The lowest BCUT2D eigenvalue weighted by Gasteiger charge is -1.97. The van der Waals surface area contributed by atoms with E-state index >= 15 is 0 Å². The predicted molar refractivity (Wildman–Crippen MR) is 56.2 cm³/mol. The molecular weight excluding hydrogens is 202 g/mol. The largest absolute Gasteiger partial charge is 0.506 e. The van der Waals surface area contributed by atoms with Crippen LogP contribution in [0.3, 0.4) is 0 Å². The van der Waals surface area contributed by atoms with Gasteiger partial charge in [-0.3, -0.25) is 4.79 Å². The van der Waals surface area contributed by atoms with Crippen LogP contribution in [0.4, 0.5) is 0 Å². The number of nitrogens with two attached hydrogens (primary N) is 1. The molecule has 0 unspecified atom stereocenters. The lowest BCUT2D eigenvalue weighted by atomic mass is 10.2. The highest BCUT2D eigenvalue weighted by Gasteiger charge is 1.97. The number of rotatable bonds is 3. The summed E-state index contributed by atoms with van der Waals surface area (Å²) in [7, 11) is 0. The fourth-order valence-electron chi connectivity index (χ4n) is 0.884. The third-order valence-electron chi connectivity index (χ3n) is 1.63. The Morgan fingerprint density at radius 3 is 2.86 bits per heavy atom. The smallest absolute Gasteiger partial charge is 0.169 e. The summed E-state index contributed by atoms with van der Waals surface area (Å²) < 4.78 is 0. The molecule has 1 aromatic rings. The minimum Gasteiger partial charge on any atom is -0.506 e. The Balaban J connectivity index is 2.83. The monoisotopic (exact) mass is 211 g/mol. The molecule has 0 spiro atoms. The van der Waals surface area contributed by atoms with E-state index in [0.29, 0.717) is 0 Å². The van der Waals surface area contributed by atoms with Crippen LogP contribution in [0.5, 0.6) is 5.75 Å². The van der Waals surface area contributed by atoms with Crippen LogP contribution in [0, 0.1) is 0 Å². The molecule has 0 aliphatic heterocycles. The van der Waals surface area contributed by atoms with Crippen molar-refractivity contribution in [2.24, 2.45) is 5.73 Å². The van der Waals surface area contributed by atoms with E-state index < -0.39 is 0 Å². The van der Waals surface area contributed by atoms with E-state index in [1.54, 1.807) is 18.2 Å². The van der Waals surface area contributed by atoms with Gasteiger partial charge in [0.15, 0.2) is 5.78 Å². The van der Waals surface area contributed by atoms with Crippen molar-refractivity contribution < 1.29 is 9.90 Å². The van der Waals surface area contributed by atoms with Crippen LogP contribution in [0.25, 0.3) is 6.08 Å². The van der Waals surface area contributed by atoms with Gasteiger partial charge in [0.05, 0.1) is 11.6 Å². The van der Waals surface area contributed by atoms with E-state index in [0.717, 1.165) is 5.56 Å². The third kappa shape index (κ3) is 2.87. The Labute approximate surface area is 86.8 Å². The molecule has 1 rings (SSSR count). The summed E-state index contributed by atoms with van der Waals surface area (Å²) in [5.41, 5.74) is 5.87. The van der Waals surface area contributed by atoms with Gasteiger partial charge in [0.1, 0.15) is 5.75 Å². The highest BCUT2D eigenvalue weighted by Crippen LogP contribution is 2.23. The van der Waals surface area contributed by atoms with Gasteiger partial charge in [0, 0.05) is 0 Å². The maximum absolute atomic E-state index is 10.8. The highest BCUT2D eigenvalue weighted by atomic mass is 35.5. The number of carbonyl (C=O) groups excluding carboxylic acids is 1. The fraction of sp³-hybridized carbons (Fsp3) is 0.100. The van der Waals surface area contributed by atoms with Gasteiger partial charge in [0.2, 0.25) is 0 Å². The van der Waals surface area contributed by atoms with Crippen molar-refractivity contribution in [1.29, 1.82) is 0 Å². The van der Waals surface area contributed by atoms with Gasteiger partial charge in [-0.1, -0.05) is 23.7 Å². The Hall–Kier alpha value is -1.32. The van der Waals surface area contributed by atoms with Crippen LogP contribution in [-0.2, 0) is 4.79 Å². The van der Waals surface area contributed by atoms with Crippen molar-refractivity contribution in [3.63, 3.8) is 0 Å². The molecule has 14 heavy (non-hydrogen) atoms. The van der Waals surface area contributed by atoms with Gasteiger partial charge in [-0.15, -0.1) is 0 Å². The van der Waals surface area contributed by atoms with Crippen LogP contribution in [0.2, 0.25) is 5.02 Å². The molecule has 0 bridgehead atoms. The Kier molecular flexibility index (Phi) is 3.68. The molecule has 0 fully saturated rings. The predicted octanol–water partition coefficient (Wildman–Crippen LogP) is 1.59. The van der Waals surface area contributed by atoms with E-state index in [-0.39, 0.29) is 23.1 Å². The van der Waals surface area contributed by atoms with Crippen molar-refractivity contribution in [1.82, 2.24) is 0 Å². The van der Waals surface area contributed by atoms with Crippen molar-refractivity contribution in [2.45, 2.75) is 0 Å². The minimum absolute atomic E-state index is 0.0116. The topological polar surface area (TPSA) is 63.3 Å². The van der Waals surface area contributed by atoms with Crippen molar-refractivity contribution in [2.75, 3.05) is 6.54 Å². The summed E-state index contributed by atoms with van der Waals surface area (Å²) >= 11 is 5.67. The molecule has 0 saturated heterocycles. The molecule has 74 valence electrons. The summed E-state index contributed by atoms with van der Waals surface area (Å²) in [6, 6.07) is 4.69. The quantitative estimate of drug-likeness (QED) is 0.747. The van der Waals surface area contributed by atoms with Crippen LogP contribution >= 0.6 is 11.6 Å². The van der Waals surface area contributed by atoms with Crippen LogP contribution in [0.1, 0.15) is 5.56 Å². The number of benzene rings is 1. The normalized spacial score (nSPS) is 10.7. The standard InChI is InChI=1S/C10H10ClNO2/c11-9-5-7(2-4-10(9)14)1-3-8(13)6-12/h1-5,14H,6,12H2/b3-1+. The van der Waals surface area contributed by atoms with E-state index in [4.69, 9.17) is 22.4 Å². The Morgan fingerprint density at radius 1 is 1.57 bits per heavy atom. The highest BCUT2D eigenvalue weighted by molar-refractivity contribution is 6.32. The van der Waals surface area contributed by atoms with Crippen LogP contribution in [0.15, 0.2) is 24.3 Å². The summed E-state index contributed by atoms with van der Waals surface area (Å²) in [6.07, 6.45) is 2.98. The number of phenolic OH excluding ortho intramolecular Hbond substituents is 1. The molecule has 3 N–H and O–H groups in total. The lowest BCUT2D eigenvalue weighted by molar-refractivity contribution is -0.113. The second-order valence-corrected chi connectivity index (χ2v) is 3.12. The van der Waals surface area contributed by atoms with Gasteiger partial charge in [0.25, 0.3) is 0 Å². The fourth-order valence-corrected chi connectivity index (χ4v) is 1.07. The van der Waals surface area contributed by atoms with E-state index in [2.05, 4.69) is 0 Å². The average molecular weight is 212 g/mol. The molecular formula is C10H10ClNO2. The SMILES string of the molecule is NCC(=O)/C=C/c1ccc(O)c(Cl)c1. The zero-order chi connectivity index (χ0) is 10.6. The number of ketones is 1. The summed E-state index contributed by atoms with van der Waals surface area (Å²) in [5, 5.41) is 9.38. The molecule has 0 atom stereocenters. The van der Waals surface area contributed by atoms with Gasteiger partial charge in [-0.05, 0) is 23.8 Å². The first-order valence-electron chi connectivity index (χ1n) is 4.03. The maximum atomic E-state index is 10.8. The van der Waals surface area contributed by atoms with E-state index in [1.165, 1.54) is 12.1 Å². The molecule has 3 nitrogen and oxygen atoms in total. The molecule has 1 aromatic carbocycles. The molecule has 0 radical (unpaired) electrons. The van der Waals surface area contributed by atoms with Crippen molar-refractivity contribution in [3.8, 4) is 5.75 Å². The first-order valence-corrected chi connectivity index (χ1v) is 4.41. The summed E-state index contributed by atoms with van der Waals surface area (Å²) in [4.78, 5) is 10.8. The van der Waals surface area contributed by atoms with E-state index in [9.17, 15) is 4.79 Å². The number of carbonyl (C=O) groups is 1. The van der Waals surface area contributed by atoms with Gasteiger partial charge < -0.3 is 10.8 Å². The van der Waals surface area contributed by atoms with Gasteiger partial charge in [-0.2, -0.15) is 0 Å². The van der Waals surface area contributed by atoms with Crippen LogP contribution in [-0.4, -0.2) is 17.4 Å². The third-order valence-corrected chi connectivity index (χ3v) is 1.94. The van der Waals surface area contributed by atoms with E-state index in [1.807, 2.05) is 0 Å². The number of phenols is 1. The molecule has 0 aromatic heterocycles. The van der Waals surface area contributed by atoms with Crippen LogP contribution < -0.4 is 5.73 Å². The average Bonchev–Trinajstić information content (AvgIpc) is 2.19. The maximum Gasteiger partial charge on any atom is 0.169 e. The van der Waals surface area contributed by atoms with Crippen molar-refractivity contribution >= 4 is 23.5 Å². The zero-order valence-electron chi connectivity index (χ0n) is 7.40. The molecule has 4 heteroatoms. The second kappa shape index (κ2) is 4.79. The van der Waals surface area contributed by atoms with Gasteiger partial charge >= 0.3 is 0 Å². The zero-order valence-corrected chi connectivity index (χ0v) is 8.16. The molecule has 0 heterocycles. The molecule has 0 amide bonds. The molecule has 0 aliphatic carbocycles. The molecule has 0 aliphatic rings. The first-order chi connectivity index (χ1) is 6.63. The second-order valence-electron chi connectivity index (χ2n) is 2.71. The van der Waals surface area contributed by atoms with Crippen molar-refractivity contribution in [3.05, 3.63) is 34.9 Å². The number of aromatic hydroxyl groups is 1.